The van der Waals surface area contributed by atoms with Crippen molar-refractivity contribution >= 4 is 17.5 Å². The predicted molar refractivity (Wildman–Crippen MR) is 119 cm³/mol. The summed E-state index contributed by atoms with van der Waals surface area (Å²) in [7, 11) is 0. The van der Waals surface area contributed by atoms with Crippen molar-refractivity contribution in [1.82, 2.24) is 9.88 Å². The lowest BCUT2D eigenvalue weighted by atomic mass is 9.97. The number of nitrogens with zero attached hydrogens (tertiary/aromatic N) is 1. The van der Waals surface area contributed by atoms with Gasteiger partial charge in [0.25, 0.3) is 11.5 Å². The highest BCUT2D eigenvalue weighted by molar-refractivity contribution is 5.98. The van der Waals surface area contributed by atoms with Crippen molar-refractivity contribution in [2.45, 2.75) is 38.6 Å². The summed E-state index contributed by atoms with van der Waals surface area (Å²) in [6.07, 6.45) is 4.89. The van der Waals surface area contributed by atoms with Crippen molar-refractivity contribution in [3.8, 4) is 5.69 Å². The van der Waals surface area contributed by atoms with Gasteiger partial charge in [0.2, 0.25) is 5.91 Å². The van der Waals surface area contributed by atoms with Gasteiger partial charge in [0.15, 0.2) is 0 Å². The SMILES string of the molecule is Cc1ccn(-c2cccc3c2CCC3)c(=O)c1C(=O)NC1CC(=O)Nc2ccccc21. The minimum atomic E-state index is -0.481. The van der Waals surface area contributed by atoms with Crippen LogP contribution in [0.2, 0.25) is 0 Å². The minimum Gasteiger partial charge on any atom is -0.344 e. The zero-order valence-electron chi connectivity index (χ0n) is 17.3. The topological polar surface area (TPSA) is 80.2 Å². The number of aromatic nitrogens is 1. The van der Waals surface area contributed by atoms with E-state index >= 15 is 0 Å². The molecule has 2 aliphatic rings. The van der Waals surface area contributed by atoms with Crippen LogP contribution in [0.3, 0.4) is 0 Å². The Bertz CT molecular complexity index is 1280. The van der Waals surface area contributed by atoms with E-state index in [1.54, 1.807) is 23.8 Å². The maximum atomic E-state index is 13.4. The summed E-state index contributed by atoms with van der Waals surface area (Å²) in [5.41, 5.74) is 5.19. The number of para-hydroxylation sites is 1. The highest BCUT2D eigenvalue weighted by Gasteiger charge is 2.28. The third-order valence-electron chi connectivity index (χ3n) is 6.21. The van der Waals surface area contributed by atoms with Crippen molar-refractivity contribution in [2.75, 3.05) is 5.32 Å². The molecule has 3 aromatic rings. The summed E-state index contributed by atoms with van der Waals surface area (Å²) in [6.45, 7) is 1.76. The number of rotatable bonds is 3. The van der Waals surface area contributed by atoms with E-state index in [2.05, 4.69) is 16.7 Å². The summed E-state index contributed by atoms with van der Waals surface area (Å²) in [4.78, 5) is 38.7. The van der Waals surface area contributed by atoms with Gasteiger partial charge in [0.1, 0.15) is 5.56 Å². The van der Waals surface area contributed by atoms with E-state index < -0.39 is 11.9 Å². The molecule has 6 heteroatoms. The molecule has 6 nitrogen and oxygen atoms in total. The summed E-state index contributed by atoms with van der Waals surface area (Å²) < 4.78 is 1.58. The van der Waals surface area contributed by atoms with E-state index in [9.17, 15) is 14.4 Å². The van der Waals surface area contributed by atoms with Crippen LogP contribution in [-0.2, 0) is 17.6 Å². The number of anilines is 1. The van der Waals surface area contributed by atoms with E-state index in [-0.39, 0.29) is 23.5 Å². The van der Waals surface area contributed by atoms with Gasteiger partial charge in [-0.3, -0.25) is 19.0 Å². The number of carbonyl (C=O) groups is 2. The van der Waals surface area contributed by atoms with Crippen LogP contribution >= 0.6 is 0 Å². The highest BCUT2D eigenvalue weighted by Crippen LogP contribution is 2.30. The molecule has 0 bridgehead atoms. The van der Waals surface area contributed by atoms with E-state index in [1.807, 2.05) is 36.4 Å². The Kier molecular flexibility index (Phi) is 4.70. The van der Waals surface area contributed by atoms with Crippen molar-refractivity contribution in [1.29, 1.82) is 0 Å². The van der Waals surface area contributed by atoms with E-state index in [1.165, 1.54) is 11.1 Å². The number of pyridine rings is 1. The van der Waals surface area contributed by atoms with Gasteiger partial charge in [-0.05, 0) is 66.6 Å². The molecule has 5 rings (SSSR count). The molecule has 0 fully saturated rings. The number of hydrogen-bond acceptors (Lipinski definition) is 3. The second-order valence-corrected chi connectivity index (χ2v) is 8.18. The maximum absolute atomic E-state index is 13.4. The fraction of sp³-hybridized carbons (Fsp3) is 0.240. The molecule has 156 valence electrons. The monoisotopic (exact) mass is 413 g/mol. The smallest absolute Gasteiger partial charge is 0.268 e. The van der Waals surface area contributed by atoms with E-state index in [4.69, 9.17) is 0 Å². The Balaban J connectivity index is 1.53. The molecule has 0 saturated carbocycles. The van der Waals surface area contributed by atoms with Crippen LogP contribution in [0.1, 0.15) is 51.5 Å². The van der Waals surface area contributed by atoms with Crippen molar-refractivity contribution in [2.24, 2.45) is 0 Å². The number of nitrogens with one attached hydrogen (secondary N) is 2. The summed E-state index contributed by atoms with van der Waals surface area (Å²) in [6, 6.07) is 14.7. The van der Waals surface area contributed by atoms with Gasteiger partial charge in [0.05, 0.1) is 18.2 Å². The first-order valence-electron chi connectivity index (χ1n) is 10.6. The van der Waals surface area contributed by atoms with Crippen LogP contribution in [0.25, 0.3) is 5.69 Å². The summed E-state index contributed by atoms with van der Waals surface area (Å²) in [5, 5.41) is 5.75. The normalized spacial score (nSPS) is 16.9. The van der Waals surface area contributed by atoms with E-state index in [0.29, 0.717) is 11.3 Å². The van der Waals surface area contributed by atoms with Crippen LogP contribution in [-0.4, -0.2) is 16.4 Å². The van der Waals surface area contributed by atoms with Gasteiger partial charge in [-0.2, -0.15) is 0 Å². The van der Waals surface area contributed by atoms with Crippen LogP contribution in [0.5, 0.6) is 0 Å². The molecule has 1 atom stereocenters. The lowest BCUT2D eigenvalue weighted by Gasteiger charge is -2.26. The fourth-order valence-corrected chi connectivity index (χ4v) is 4.69. The number of benzene rings is 2. The van der Waals surface area contributed by atoms with Crippen LogP contribution < -0.4 is 16.2 Å². The lowest BCUT2D eigenvalue weighted by molar-refractivity contribution is -0.116. The van der Waals surface area contributed by atoms with Crippen molar-refractivity contribution in [3.05, 3.63) is 92.9 Å². The quantitative estimate of drug-likeness (QED) is 0.690. The Morgan fingerprint density at radius 3 is 2.77 bits per heavy atom. The van der Waals surface area contributed by atoms with Gasteiger partial charge in [-0.15, -0.1) is 0 Å². The molecule has 1 aromatic heterocycles. The first-order valence-corrected chi connectivity index (χ1v) is 10.6. The Labute approximate surface area is 179 Å². The number of fused-ring (bicyclic) bond motifs is 2. The molecule has 1 unspecified atom stereocenters. The fourth-order valence-electron chi connectivity index (χ4n) is 4.69. The first kappa shape index (κ1) is 19.3. The second kappa shape index (κ2) is 7.54. The van der Waals surface area contributed by atoms with E-state index in [0.717, 1.165) is 30.5 Å². The lowest BCUT2D eigenvalue weighted by Crippen LogP contribution is -2.38. The Morgan fingerprint density at radius 1 is 1.06 bits per heavy atom. The first-order chi connectivity index (χ1) is 15.0. The molecule has 2 amide bonds. The zero-order chi connectivity index (χ0) is 21.5. The average Bonchev–Trinajstić information content (AvgIpc) is 3.23. The highest BCUT2D eigenvalue weighted by atomic mass is 16.2. The molecule has 0 radical (unpaired) electrons. The van der Waals surface area contributed by atoms with Crippen LogP contribution in [0.4, 0.5) is 5.69 Å². The molecule has 2 aromatic carbocycles. The Morgan fingerprint density at radius 2 is 1.90 bits per heavy atom. The molecule has 31 heavy (non-hydrogen) atoms. The zero-order valence-corrected chi connectivity index (χ0v) is 17.3. The molecule has 1 aliphatic carbocycles. The summed E-state index contributed by atoms with van der Waals surface area (Å²) >= 11 is 0. The maximum Gasteiger partial charge on any atom is 0.268 e. The predicted octanol–water partition coefficient (Wildman–Crippen LogP) is 3.45. The van der Waals surface area contributed by atoms with Gasteiger partial charge in [-0.25, -0.2) is 0 Å². The molecule has 1 aliphatic heterocycles. The largest absolute Gasteiger partial charge is 0.344 e. The average molecular weight is 413 g/mol. The molecular weight excluding hydrogens is 390 g/mol. The van der Waals surface area contributed by atoms with Gasteiger partial charge >= 0.3 is 0 Å². The molecular formula is C25H23N3O3. The number of hydrogen-bond donors (Lipinski definition) is 2. The Hall–Kier alpha value is -3.67. The van der Waals surface area contributed by atoms with Crippen molar-refractivity contribution < 1.29 is 9.59 Å². The van der Waals surface area contributed by atoms with Crippen LogP contribution in [0.15, 0.2) is 59.5 Å². The number of carbonyl (C=O) groups excluding carboxylic acids is 2. The number of amides is 2. The minimum absolute atomic E-state index is 0.113. The third-order valence-corrected chi connectivity index (χ3v) is 6.21. The molecule has 2 heterocycles. The molecule has 0 saturated heterocycles. The molecule has 2 N–H and O–H groups in total. The third kappa shape index (κ3) is 3.34. The number of aryl methyl sites for hydroxylation is 2. The standard InChI is InChI=1S/C25H23N3O3/c1-15-12-13-28(21-11-5-7-16-6-4-9-17(16)21)25(31)23(15)24(30)27-20-14-22(29)26-19-10-3-2-8-18(19)20/h2-3,5,7-8,10-13,20H,4,6,9,14H2,1H3,(H,26,29)(H,27,30). The van der Waals surface area contributed by atoms with Crippen molar-refractivity contribution in [3.63, 3.8) is 0 Å². The van der Waals surface area contributed by atoms with Crippen LogP contribution in [0, 0.1) is 6.92 Å². The summed E-state index contributed by atoms with van der Waals surface area (Å²) in [5.74, 6) is -0.620. The molecule has 0 spiro atoms. The van der Waals surface area contributed by atoms with Gasteiger partial charge in [0, 0.05) is 11.9 Å². The van der Waals surface area contributed by atoms with Gasteiger partial charge < -0.3 is 10.6 Å². The second-order valence-electron chi connectivity index (χ2n) is 8.18. The van der Waals surface area contributed by atoms with Gasteiger partial charge in [-0.1, -0.05) is 30.3 Å².